The molecule has 160 valence electrons. The van der Waals surface area contributed by atoms with Crippen LogP contribution in [-0.4, -0.2) is 37.0 Å². The molecule has 0 saturated carbocycles. The number of rotatable bonds is 7. The van der Waals surface area contributed by atoms with Crippen molar-refractivity contribution in [2.75, 3.05) is 24.3 Å². The zero-order valence-corrected chi connectivity index (χ0v) is 18.1. The summed E-state index contributed by atoms with van der Waals surface area (Å²) in [6, 6.07) is 9.82. The van der Waals surface area contributed by atoms with Crippen LogP contribution in [0.15, 0.2) is 36.4 Å². The highest BCUT2D eigenvalue weighted by atomic mass is 16.6. The Morgan fingerprint density at radius 3 is 2.37 bits per heavy atom. The number of nitrogens with one attached hydrogen (secondary N) is 1. The first-order chi connectivity index (χ1) is 14.0. The Labute approximate surface area is 176 Å². The summed E-state index contributed by atoms with van der Waals surface area (Å²) in [5.74, 6) is -1.08. The fourth-order valence-electron chi connectivity index (χ4n) is 3.02. The SMILES string of the molecule is Cc1cccc(C(C)C)c1NC(=O)[C@H](C)OC(=O)c1ccc(N(C)C)c([N+](=O)[O-])c1. The predicted molar refractivity (Wildman–Crippen MR) is 116 cm³/mol. The number of ether oxygens (including phenoxy) is 1. The summed E-state index contributed by atoms with van der Waals surface area (Å²) in [7, 11) is 3.34. The fourth-order valence-corrected chi connectivity index (χ4v) is 3.02. The van der Waals surface area contributed by atoms with Crippen LogP contribution in [0.5, 0.6) is 0 Å². The van der Waals surface area contributed by atoms with Gasteiger partial charge in [0.25, 0.3) is 11.6 Å². The zero-order valence-electron chi connectivity index (χ0n) is 18.1. The lowest BCUT2D eigenvalue weighted by molar-refractivity contribution is -0.384. The molecule has 0 saturated heterocycles. The smallest absolute Gasteiger partial charge is 0.339 e. The van der Waals surface area contributed by atoms with E-state index in [0.717, 1.165) is 17.2 Å². The van der Waals surface area contributed by atoms with Crippen LogP contribution < -0.4 is 10.2 Å². The molecule has 0 bridgehead atoms. The van der Waals surface area contributed by atoms with Crippen molar-refractivity contribution in [1.82, 2.24) is 0 Å². The maximum absolute atomic E-state index is 12.6. The first-order valence-electron chi connectivity index (χ1n) is 9.60. The Kier molecular flexibility index (Phi) is 7.15. The number of esters is 1. The van der Waals surface area contributed by atoms with E-state index in [1.807, 2.05) is 39.0 Å². The van der Waals surface area contributed by atoms with E-state index in [1.54, 1.807) is 19.0 Å². The number of anilines is 2. The van der Waals surface area contributed by atoms with E-state index in [4.69, 9.17) is 4.74 Å². The number of para-hydroxylation sites is 1. The normalized spacial score (nSPS) is 11.7. The third kappa shape index (κ3) is 5.14. The molecule has 2 aromatic rings. The second-order valence-corrected chi connectivity index (χ2v) is 7.59. The van der Waals surface area contributed by atoms with Crippen molar-refractivity contribution in [3.05, 3.63) is 63.2 Å². The van der Waals surface area contributed by atoms with Crippen molar-refractivity contribution >= 4 is 28.9 Å². The van der Waals surface area contributed by atoms with Crippen molar-refractivity contribution in [3.8, 4) is 0 Å². The Bertz CT molecular complexity index is 969. The largest absolute Gasteiger partial charge is 0.449 e. The fraction of sp³-hybridized carbons (Fsp3) is 0.364. The average Bonchev–Trinajstić information content (AvgIpc) is 2.68. The molecule has 1 atom stereocenters. The van der Waals surface area contributed by atoms with E-state index in [0.29, 0.717) is 11.4 Å². The van der Waals surface area contributed by atoms with Crippen LogP contribution in [0.1, 0.15) is 48.2 Å². The third-order valence-electron chi connectivity index (χ3n) is 4.72. The van der Waals surface area contributed by atoms with Crippen molar-refractivity contribution in [2.45, 2.75) is 39.7 Å². The first-order valence-corrected chi connectivity index (χ1v) is 9.60. The number of carbonyl (C=O) groups is 2. The van der Waals surface area contributed by atoms with Crippen LogP contribution in [0.3, 0.4) is 0 Å². The molecule has 30 heavy (non-hydrogen) atoms. The minimum Gasteiger partial charge on any atom is -0.449 e. The van der Waals surface area contributed by atoms with Gasteiger partial charge in [-0.1, -0.05) is 32.0 Å². The van der Waals surface area contributed by atoms with Crippen molar-refractivity contribution in [1.29, 1.82) is 0 Å². The highest BCUT2D eigenvalue weighted by Gasteiger charge is 2.24. The molecule has 0 aliphatic heterocycles. The van der Waals surface area contributed by atoms with Crippen LogP contribution in [0.2, 0.25) is 0 Å². The van der Waals surface area contributed by atoms with Gasteiger partial charge in [0.05, 0.1) is 10.5 Å². The number of hydrogen-bond donors (Lipinski definition) is 1. The average molecular weight is 413 g/mol. The lowest BCUT2D eigenvalue weighted by Crippen LogP contribution is -2.30. The second-order valence-electron chi connectivity index (χ2n) is 7.59. The molecule has 2 rings (SSSR count). The summed E-state index contributed by atoms with van der Waals surface area (Å²) in [5.41, 5.74) is 2.74. The highest BCUT2D eigenvalue weighted by molar-refractivity contribution is 5.98. The molecule has 8 heteroatoms. The van der Waals surface area contributed by atoms with Crippen LogP contribution >= 0.6 is 0 Å². The van der Waals surface area contributed by atoms with E-state index in [2.05, 4.69) is 5.32 Å². The zero-order chi connectivity index (χ0) is 22.6. The van der Waals surface area contributed by atoms with Crippen LogP contribution in [0.4, 0.5) is 17.1 Å². The van der Waals surface area contributed by atoms with E-state index in [-0.39, 0.29) is 17.2 Å². The molecular weight excluding hydrogens is 386 g/mol. The standard InChI is InChI=1S/C22H27N3O5/c1-13(2)17-9-7-8-14(3)20(17)23-21(26)15(4)30-22(27)16-10-11-18(24(5)6)19(12-16)25(28)29/h7-13,15H,1-6H3,(H,23,26)/t15-/m0/s1. The van der Waals surface area contributed by atoms with Crippen molar-refractivity contribution < 1.29 is 19.2 Å². The molecule has 2 aromatic carbocycles. The number of carbonyl (C=O) groups excluding carboxylic acids is 2. The van der Waals surface area contributed by atoms with Gasteiger partial charge in [0, 0.05) is 25.8 Å². The molecule has 0 aliphatic rings. The molecule has 0 aliphatic carbocycles. The topological polar surface area (TPSA) is 102 Å². The van der Waals surface area contributed by atoms with Gasteiger partial charge in [-0.25, -0.2) is 4.79 Å². The molecule has 0 unspecified atom stereocenters. The van der Waals surface area contributed by atoms with Crippen molar-refractivity contribution in [3.63, 3.8) is 0 Å². The summed E-state index contributed by atoms with van der Waals surface area (Å²) in [4.78, 5) is 37.4. The molecular formula is C22H27N3O5. The molecule has 1 amide bonds. The van der Waals surface area contributed by atoms with E-state index in [9.17, 15) is 19.7 Å². The van der Waals surface area contributed by atoms with Gasteiger partial charge in [0.2, 0.25) is 0 Å². The lowest BCUT2D eigenvalue weighted by Gasteiger charge is -2.19. The van der Waals surface area contributed by atoms with E-state index < -0.39 is 22.9 Å². The van der Waals surface area contributed by atoms with Crippen LogP contribution in [0.25, 0.3) is 0 Å². The molecule has 0 spiro atoms. The minimum absolute atomic E-state index is 0.00529. The van der Waals surface area contributed by atoms with Gasteiger partial charge >= 0.3 is 5.97 Å². The third-order valence-corrected chi connectivity index (χ3v) is 4.72. The molecule has 8 nitrogen and oxygen atoms in total. The molecule has 0 heterocycles. The number of hydrogen-bond acceptors (Lipinski definition) is 6. The summed E-state index contributed by atoms with van der Waals surface area (Å²) < 4.78 is 5.26. The number of benzene rings is 2. The number of nitro benzene ring substituents is 1. The molecule has 1 N–H and O–H groups in total. The maximum atomic E-state index is 12.6. The first kappa shape index (κ1) is 22.9. The van der Waals surface area contributed by atoms with E-state index in [1.165, 1.54) is 19.1 Å². The summed E-state index contributed by atoms with van der Waals surface area (Å²) in [6.07, 6.45) is -1.08. The Balaban J connectivity index is 2.18. The van der Waals surface area contributed by atoms with Gasteiger partial charge < -0.3 is 15.0 Å². The molecule has 0 fully saturated rings. The summed E-state index contributed by atoms with van der Waals surface area (Å²) in [6.45, 7) is 7.41. The Hall–Kier alpha value is -3.42. The monoisotopic (exact) mass is 413 g/mol. The summed E-state index contributed by atoms with van der Waals surface area (Å²) in [5, 5.41) is 14.2. The highest BCUT2D eigenvalue weighted by Crippen LogP contribution is 2.29. The molecule has 0 radical (unpaired) electrons. The van der Waals surface area contributed by atoms with Gasteiger partial charge in [-0.2, -0.15) is 0 Å². The molecule has 0 aromatic heterocycles. The minimum atomic E-state index is -1.08. The second kappa shape index (κ2) is 9.39. The van der Waals surface area contributed by atoms with Gasteiger partial charge in [-0.3, -0.25) is 14.9 Å². The van der Waals surface area contributed by atoms with Gasteiger partial charge in [0.1, 0.15) is 5.69 Å². The Morgan fingerprint density at radius 2 is 1.80 bits per heavy atom. The van der Waals surface area contributed by atoms with Crippen LogP contribution in [0, 0.1) is 17.0 Å². The Morgan fingerprint density at radius 1 is 1.13 bits per heavy atom. The number of aryl methyl sites for hydroxylation is 1. The van der Waals surface area contributed by atoms with E-state index >= 15 is 0 Å². The van der Waals surface area contributed by atoms with Gasteiger partial charge in [0.15, 0.2) is 6.10 Å². The number of nitrogens with zero attached hydrogens (tertiary/aromatic N) is 2. The lowest BCUT2D eigenvalue weighted by atomic mass is 9.98. The van der Waals surface area contributed by atoms with Crippen LogP contribution in [-0.2, 0) is 9.53 Å². The van der Waals surface area contributed by atoms with Gasteiger partial charge in [-0.05, 0) is 43.0 Å². The maximum Gasteiger partial charge on any atom is 0.339 e. The number of amides is 1. The predicted octanol–water partition coefficient (Wildman–Crippen LogP) is 4.28. The quantitative estimate of drug-likeness (QED) is 0.413. The number of nitro groups is 1. The van der Waals surface area contributed by atoms with Crippen molar-refractivity contribution in [2.24, 2.45) is 0 Å². The summed E-state index contributed by atoms with van der Waals surface area (Å²) >= 11 is 0. The van der Waals surface area contributed by atoms with Gasteiger partial charge in [-0.15, -0.1) is 0 Å².